The third-order valence-electron chi connectivity index (χ3n) is 14.7. The van der Waals surface area contributed by atoms with Crippen LogP contribution in [0.25, 0.3) is 0 Å². The zero-order chi connectivity index (χ0) is 48.8. The molecule has 400 valence electrons. The predicted molar refractivity (Wildman–Crippen MR) is 293 cm³/mol. The number of aliphatic hydroxyl groups excluding tert-OH is 4. The molecule has 0 bridgehead atoms. The third-order valence-corrected chi connectivity index (χ3v) is 14.7. The van der Waals surface area contributed by atoms with Gasteiger partial charge >= 0.3 is 0 Å². The molecule has 0 aliphatic carbocycles. The predicted octanol–water partition coefficient (Wildman–Crippen LogP) is 18.0. The first-order valence-corrected chi connectivity index (χ1v) is 30.6. The van der Waals surface area contributed by atoms with E-state index in [1.165, 1.54) is 276 Å². The van der Waals surface area contributed by atoms with Gasteiger partial charge in [0.05, 0.1) is 18.8 Å². The molecule has 4 atom stereocenters. The fourth-order valence-corrected chi connectivity index (χ4v) is 9.93. The number of carbonyl (C=O) groups is 1. The molecule has 0 fully saturated rings. The van der Waals surface area contributed by atoms with Crippen LogP contribution < -0.4 is 5.32 Å². The summed E-state index contributed by atoms with van der Waals surface area (Å²) in [6, 6.07) is -0.984. The van der Waals surface area contributed by atoms with Gasteiger partial charge < -0.3 is 25.7 Å². The second-order valence-electron chi connectivity index (χ2n) is 21.4. The quantitative estimate of drug-likeness (QED) is 0.0308. The Morgan fingerprint density at radius 3 is 0.866 bits per heavy atom. The minimum atomic E-state index is -1.26. The van der Waals surface area contributed by atoms with E-state index in [2.05, 4.69) is 31.3 Å². The van der Waals surface area contributed by atoms with Crippen molar-refractivity contribution in [2.24, 2.45) is 0 Å². The highest BCUT2D eigenvalue weighted by Crippen LogP contribution is 2.19. The Morgan fingerprint density at radius 2 is 0.597 bits per heavy atom. The van der Waals surface area contributed by atoms with Gasteiger partial charge in [-0.05, 0) is 38.5 Å². The van der Waals surface area contributed by atoms with Crippen molar-refractivity contribution < 1.29 is 25.2 Å². The lowest BCUT2D eigenvalue weighted by atomic mass is 9.99. The average Bonchev–Trinajstić information content (AvgIpc) is 3.33. The molecule has 0 rings (SSSR count). The molecule has 0 radical (unpaired) electrons. The van der Waals surface area contributed by atoms with Crippen molar-refractivity contribution in [3.8, 4) is 0 Å². The second kappa shape index (κ2) is 56.0. The molecule has 0 aliphatic heterocycles. The van der Waals surface area contributed by atoms with Gasteiger partial charge in [0.15, 0.2) is 0 Å². The minimum Gasteiger partial charge on any atom is -0.394 e. The fraction of sp³-hybridized carbons (Fsp3) is 0.951. The van der Waals surface area contributed by atoms with Crippen molar-refractivity contribution in [1.82, 2.24) is 5.32 Å². The smallest absolute Gasteiger partial charge is 0.249 e. The Hall–Kier alpha value is -0.950. The van der Waals surface area contributed by atoms with Gasteiger partial charge in [-0.15, -0.1) is 0 Å². The normalized spacial score (nSPS) is 13.7. The van der Waals surface area contributed by atoms with E-state index in [9.17, 15) is 25.2 Å². The molecule has 0 saturated carbocycles. The van der Waals surface area contributed by atoms with Crippen molar-refractivity contribution >= 4 is 5.91 Å². The van der Waals surface area contributed by atoms with E-state index in [1.54, 1.807) is 0 Å². The molecular formula is C61H121NO5. The van der Waals surface area contributed by atoms with Crippen LogP contribution in [0.4, 0.5) is 0 Å². The highest BCUT2D eigenvalue weighted by Gasteiger charge is 2.28. The Balaban J connectivity index is 3.58. The number of rotatable bonds is 57. The van der Waals surface area contributed by atoms with Crippen LogP contribution >= 0.6 is 0 Å². The molecule has 0 heterocycles. The van der Waals surface area contributed by atoms with Crippen LogP contribution in [0.15, 0.2) is 12.2 Å². The lowest BCUT2D eigenvalue weighted by Gasteiger charge is -2.27. The van der Waals surface area contributed by atoms with Gasteiger partial charge in [-0.1, -0.05) is 315 Å². The average molecular weight is 949 g/mol. The minimum absolute atomic E-state index is 0.372. The van der Waals surface area contributed by atoms with Crippen LogP contribution in [0.3, 0.4) is 0 Å². The monoisotopic (exact) mass is 948 g/mol. The Kier molecular flexibility index (Phi) is 55.2. The lowest BCUT2D eigenvalue weighted by molar-refractivity contribution is -0.132. The second-order valence-corrected chi connectivity index (χ2v) is 21.4. The number of aliphatic hydroxyl groups is 4. The maximum atomic E-state index is 12.6. The van der Waals surface area contributed by atoms with Crippen molar-refractivity contribution in [3.63, 3.8) is 0 Å². The van der Waals surface area contributed by atoms with E-state index in [1.807, 2.05) is 0 Å². The summed E-state index contributed by atoms with van der Waals surface area (Å²) in [5.41, 5.74) is 0. The molecule has 0 spiro atoms. The molecular weight excluding hydrogens is 827 g/mol. The summed E-state index contributed by atoms with van der Waals surface area (Å²) in [5.74, 6) is -0.577. The van der Waals surface area contributed by atoms with Crippen LogP contribution in [0, 0.1) is 0 Å². The SMILES string of the molecule is CCCCCCCCCCCCCC/C=C\CCCCCCCCCCCCCCC(O)C(=O)NC(CO)C(O)C(O)CCCCCCCCCCCCCCCCCCCCCCCCC. The Bertz CT molecular complexity index is 975. The summed E-state index contributed by atoms with van der Waals surface area (Å²) in [6.07, 6.45) is 67.2. The molecule has 0 aromatic heterocycles. The number of nitrogens with one attached hydrogen (secondary N) is 1. The van der Waals surface area contributed by atoms with Crippen molar-refractivity contribution in [2.45, 2.75) is 366 Å². The number of hydrogen-bond acceptors (Lipinski definition) is 5. The summed E-state index contributed by atoms with van der Waals surface area (Å²) in [6.45, 7) is 4.10. The van der Waals surface area contributed by atoms with E-state index < -0.39 is 36.9 Å². The van der Waals surface area contributed by atoms with Gasteiger partial charge in [0.2, 0.25) is 5.91 Å². The lowest BCUT2D eigenvalue weighted by Crippen LogP contribution is -2.53. The summed E-state index contributed by atoms with van der Waals surface area (Å²) in [4.78, 5) is 12.6. The summed E-state index contributed by atoms with van der Waals surface area (Å²) in [7, 11) is 0. The van der Waals surface area contributed by atoms with Gasteiger partial charge in [-0.3, -0.25) is 4.79 Å². The number of unbranched alkanes of at least 4 members (excludes halogenated alkanes) is 46. The molecule has 0 aliphatic rings. The standard InChI is InChI=1S/C61H121NO5/c1-3-5-7-9-11-13-15-17-19-21-23-25-27-28-29-30-31-33-35-37-39-41-43-45-47-49-51-53-55-59(65)61(67)62-57(56-63)60(66)58(64)54-52-50-48-46-44-42-40-38-36-34-32-26-24-22-20-18-16-14-12-10-8-6-4-2/h28-29,57-60,63-66H,3-27,30-56H2,1-2H3,(H,62,67)/b29-28-. The fourth-order valence-electron chi connectivity index (χ4n) is 9.93. The van der Waals surface area contributed by atoms with Crippen LogP contribution in [0.5, 0.6) is 0 Å². The van der Waals surface area contributed by atoms with E-state index in [-0.39, 0.29) is 0 Å². The van der Waals surface area contributed by atoms with E-state index >= 15 is 0 Å². The summed E-state index contributed by atoms with van der Waals surface area (Å²) >= 11 is 0. The summed E-state index contributed by atoms with van der Waals surface area (Å²) < 4.78 is 0. The van der Waals surface area contributed by atoms with E-state index in [0.717, 1.165) is 38.5 Å². The highest BCUT2D eigenvalue weighted by molar-refractivity contribution is 5.80. The molecule has 5 N–H and O–H groups in total. The molecule has 6 nitrogen and oxygen atoms in total. The summed E-state index contributed by atoms with van der Waals surface area (Å²) in [5, 5.41) is 44.1. The van der Waals surface area contributed by atoms with Crippen LogP contribution in [0.2, 0.25) is 0 Å². The van der Waals surface area contributed by atoms with Gasteiger partial charge in [-0.2, -0.15) is 0 Å². The number of amides is 1. The number of carbonyl (C=O) groups excluding carboxylic acids is 1. The van der Waals surface area contributed by atoms with Crippen LogP contribution in [-0.4, -0.2) is 57.3 Å². The topological polar surface area (TPSA) is 110 Å². The van der Waals surface area contributed by atoms with Crippen LogP contribution in [-0.2, 0) is 4.79 Å². The molecule has 0 aromatic carbocycles. The van der Waals surface area contributed by atoms with Gasteiger partial charge in [0, 0.05) is 0 Å². The number of allylic oxidation sites excluding steroid dienone is 2. The maximum absolute atomic E-state index is 12.6. The first kappa shape index (κ1) is 66.0. The Morgan fingerprint density at radius 1 is 0.358 bits per heavy atom. The highest BCUT2D eigenvalue weighted by atomic mass is 16.3. The van der Waals surface area contributed by atoms with Gasteiger partial charge in [0.25, 0.3) is 0 Å². The molecule has 4 unspecified atom stereocenters. The first-order valence-electron chi connectivity index (χ1n) is 30.6. The first-order chi connectivity index (χ1) is 33.0. The largest absolute Gasteiger partial charge is 0.394 e. The zero-order valence-electron chi connectivity index (χ0n) is 45.4. The molecule has 6 heteroatoms. The maximum Gasteiger partial charge on any atom is 0.249 e. The van der Waals surface area contributed by atoms with Gasteiger partial charge in [-0.25, -0.2) is 0 Å². The van der Waals surface area contributed by atoms with Crippen molar-refractivity contribution in [2.75, 3.05) is 6.61 Å². The Labute approximate surface area is 419 Å². The van der Waals surface area contributed by atoms with Crippen molar-refractivity contribution in [3.05, 3.63) is 12.2 Å². The molecule has 0 aromatic rings. The van der Waals surface area contributed by atoms with Crippen molar-refractivity contribution in [1.29, 1.82) is 0 Å². The van der Waals surface area contributed by atoms with Crippen LogP contribution in [0.1, 0.15) is 341 Å². The third kappa shape index (κ3) is 49.8. The number of hydrogen-bond donors (Lipinski definition) is 5. The molecule has 0 saturated heterocycles. The van der Waals surface area contributed by atoms with Gasteiger partial charge in [0.1, 0.15) is 12.2 Å². The van der Waals surface area contributed by atoms with E-state index in [0.29, 0.717) is 12.8 Å². The van der Waals surface area contributed by atoms with E-state index in [4.69, 9.17) is 0 Å². The molecule has 1 amide bonds. The molecule has 67 heavy (non-hydrogen) atoms. The zero-order valence-corrected chi connectivity index (χ0v) is 45.4.